The standard InChI is InChI=1S/C12H17BrS/c1-3-11(13)12(4-2)14-10-8-6-5-7-9-10/h5-9,11-12H,3-4H2,1-2H3/t11-,12+/m0/s1. The molecule has 0 saturated carbocycles. The molecule has 0 N–H and O–H groups in total. The van der Waals surface area contributed by atoms with Crippen molar-refractivity contribution in [2.24, 2.45) is 0 Å². The second kappa shape index (κ2) is 6.52. The minimum atomic E-state index is 0.623. The van der Waals surface area contributed by atoms with Gasteiger partial charge in [0.2, 0.25) is 0 Å². The lowest BCUT2D eigenvalue weighted by molar-refractivity contribution is 0.747. The van der Waals surface area contributed by atoms with Gasteiger partial charge < -0.3 is 0 Å². The van der Waals surface area contributed by atoms with Crippen molar-refractivity contribution in [2.45, 2.75) is 41.7 Å². The van der Waals surface area contributed by atoms with E-state index in [9.17, 15) is 0 Å². The van der Waals surface area contributed by atoms with Gasteiger partial charge in [0.15, 0.2) is 0 Å². The molecular formula is C12H17BrS. The highest BCUT2D eigenvalue weighted by Gasteiger charge is 2.16. The summed E-state index contributed by atoms with van der Waals surface area (Å²) >= 11 is 5.71. The van der Waals surface area contributed by atoms with Gasteiger partial charge in [-0.05, 0) is 25.0 Å². The van der Waals surface area contributed by atoms with E-state index in [2.05, 4.69) is 60.1 Å². The first-order valence-corrected chi connectivity index (χ1v) is 6.93. The lowest BCUT2D eigenvalue weighted by Gasteiger charge is -2.19. The molecule has 0 bridgehead atoms. The summed E-state index contributed by atoms with van der Waals surface area (Å²) in [5, 5.41) is 0.683. The lowest BCUT2D eigenvalue weighted by atomic mass is 10.2. The predicted octanol–water partition coefficient (Wildman–Crippen LogP) is 4.73. The Morgan fingerprint density at radius 2 is 1.79 bits per heavy atom. The van der Waals surface area contributed by atoms with Gasteiger partial charge in [-0.15, -0.1) is 11.8 Å². The Labute approximate surface area is 99.6 Å². The number of hydrogen-bond donors (Lipinski definition) is 0. The molecule has 0 unspecified atom stereocenters. The molecule has 1 rings (SSSR count). The van der Waals surface area contributed by atoms with Crippen molar-refractivity contribution < 1.29 is 0 Å². The third kappa shape index (κ3) is 3.66. The van der Waals surface area contributed by atoms with Crippen molar-refractivity contribution in [1.82, 2.24) is 0 Å². The van der Waals surface area contributed by atoms with Crippen molar-refractivity contribution in [1.29, 1.82) is 0 Å². The van der Waals surface area contributed by atoms with Gasteiger partial charge in [0, 0.05) is 15.0 Å². The van der Waals surface area contributed by atoms with Crippen LogP contribution in [0.3, 0.4) is 0 Å². The second-order valence-corrected chi connectivity index (χ2v) is 5.79. The average Bonchev–Trinajstić information content (AvgIpc) is 2.26. The Morgan fingerprint density at radius 1 is 1.14 bits per heavy atom. The molecule has 1 aromatic carbocycles. The van der Waals surface area contributed by atoms with Crippen LogP contribution in [0.1, 0.15) is 26.7 Å². The van der Waals surface area contributed by atoms with Crippen LogP contribution in [0, 0.1) is 0 Å². The Balaban J connectivity index is 2.57. The van der Waals surface area contributed by atoms with Gasteiger partial charge in [0.05, 0.1) is 0 Å². The second-order valence-electron chi connectivity index (χ2n) is 3.30. The van der Waals surface area contributed by atoms with Crippen LogP contribution in [0.15, 0.2) is 35.2 Å². The van der Waals surface area contributed by atoms with Gasteiger partial charge >= 0.3 is 0 Å². The summed E-state index contributed by atoms with van der Waals surface area (Å²) in [5.74, 6) is 0. The van der Waals surface area contributed by atoms with E-state index < -0.39 is 0 Å². The molecule has 0 fully saturated rings. The molecule has 0 heterocycles. The third-order valence-electron chi connectivity index (χ3n) is 2.23. The Hall–Kier alpha value is 0.0500. The van der Waals surface area contributed by atoms with E-state index in [0.29, 0.717) is 10.1 Å². The van der Waals surface area contributed by atoms with Crippen molar-refractivity contribution in [3.8, 4) is 0 Å². The van der Waals surface area contributed by atoms with Crippen LogP contribution < -0.4 is 0 Å². The number of rotatable bonds is 5. The molecule has 2 atom stereocenters. The average molecular weight is 273 g/mol. The molecule has 0 aliphatic rings. The molecule has 0 spiro atoms. The molecule has 2 heteroatoms. The van der Waals surface area contributed by atoms with Gasteiger partial charge in [0.25, 0.3) is 0 Å². The number of benzene rings is 1. The first kappa shape index (κ1) is 12.1. The SMILES string of the molecule is CC[C@H](Br)[C@@H](CC)Sc1ccccc1. The summed E-state index contributed by atoms with van der Waals surface area (Å²) in [5.41, 5.74) is 0. The topological polar surface area (TPSA) is 0 Å². The van der Waals surface area contributed by atoms with E-state index in [1.165, 1.54) is 17.7 Å². The Bertz CT molecular complexity index is 248. The Morgan fingerprint density at radius 3 is 2.29 bits per heavy atom. The molecular weight excluding hydrogens is 256 g/mol. The molecule has 0 aromatic heterocycles. The molecule has 0 radical (unpaired) electrons. The van der Waals surface area contributed by atoms with Crippen LogP contribution >= 0.6 is 27.7 Å². The van der Waals surface area contributed by atoms with Crippen molar-refractivity contribution in [2.75, 3.05) is 0 Å². The molecule has 0 nitrogen and oxygen atoms in total. The minimum absolute atomic E-state index is 0.623. The van der Waals surface area contributed by atoms with Crippen LogP contribution in [0.25, 0.3) is 0 Å². The van der Waals surface area contributed by atoms with Gasteiger partial charge in [0.1, 0.15) is 0 Å². The zero-order valence-corrected chi connectivity index (χ0v) is 11.1. The zero-order chi connectivity index (χ0) is 10.4. The molecule has 0 saturated heterocycles. The fourth-order valence-electron chi connectivity index (χ4n) is 1.35. The summed E-state index contributed by atoms with van der Waals surface area (Å²) in [6.45, 7) is 4.48. The number of alkyl halides is 1. The summed E-state index contributed by atoms with van der Waals surface area (Å²) in [7, 11) is 0. The first-order chi connectivity index (χ1) is 6.77. The quantitative estimate of drug-likeness (QED) is 0.552. The minimum Gasteiger partial charge on any atom is -0.122 e. The van der Waals surface area contributed by atoms with Gasteiger partial charge in [-0.25, -0.2) is 0 Å². The molecule has 0 aliphatic carbocycles. The maximum Gasteiger partial charge on any atom is 0.0265 e. The highest BCUT2D eigenvalue weighted by molar-refractivity contribution is 9.09. The fourth-order valence-corrected chi connectivity index (χ4v) is 3.22. The zero-order valence-electron chi connectivity index (χ0n) is 8.74. The number of hydrogen-bond acceptors (Lipinski definition) is 1. The molecule has 14 heavy (non-hydrogen) atoms. The summed E-state index contributed by atoms with van der Waals surface area (Å²) in [6, 6.07) is 10.6. The molecule has 78 valence electrons. The van der Waals surface area contributed by atoms with Gasteiger partial charge in [-0.1, -0.05) is 48.0 Å². The highest BCUT2D eigenvalue weighted by atomic mass is 79.9. The van der Waals surface area contributed by atoms with Crippen LogP contribution in [0.2, 0.25) is 0 Å². The van der Waals surface area contributed by atoms with Crippen molar-refractivity contribution in [3.63, 3.8) is 0 Å². The van der Waals surface area contributed by atoms with E-state index in [4.69, 9.17) is 0 Å². The van der Waals surface area contributed by atoms with E-state index >= 15 is 0 Å². The fraction of sp³-hybridized carbons (Fsp3) is 0.500. The van der Waals surface area contributed by atoms with E-state index in [1.54, 1.807) is 0 Å². The van der Waals surface area contributed by atoms with Crippen LogP contribution in [-0.2, 0) is 0 Å². The van der Waals surface area contributed by atoms with Crippen molar-refractivity contribution >= 4 is 27.7 Å². The van der Waals surface area contributed by atoms with Gasteiger partial charge in [-0.2, -0.15) is 0 Å². The van der Waals surface area contributed by atoms with Crippen molar-refractivity contribution in [3.05, 3.63) is 30.3 Å². The Kier molecular flexibility index (Phi) is 5.64. The lowest BCUT2D eigenvalue weighted by Crippen LogP contribution is -2.14. The normalized spacial score (nSPS) is 15.1. The number of halogens is 1. The van der Waals surface area contributed by atoms with E-state index in [1.807, 2.05) is 11.8 Å². The smallest absolute Gasteiger partial charge is 0.0265 e. The largest absolute Gasteiger partial charge is 0.122 e. The number of thioether (sulfide) groups is 1. The molecule has 0 amide bonds. The van der Waals surface area contributed by atoms with Crippen LogP contribution in [0.4, 0.5) is 0 Å². The molecule has 0 aliphatic heterocycles. The first-order valence-electron chi connectivity index (χ1n) is 5.13. The molecule has 1 aromatic rings. The summed E-state index contributed by atoms with van der Waals surface area (Å²) in [6.07, 6.45) is 2.40. The third-order valence-corrected chi connectivity index (χ3v) is 5.37. The summed E-state index contributed by atoms with van der Waals surface area (Å²) in [4.78, 5) is 2.00. The monoisotopic (exact) mass is 272 g/mol. The van der Waals surface area contributed by atoms with E-state index in [-0.39, 0.29) is 0 Å². The van der Waals surface area contributed by atoms with Crippen LogP contribution in [-0.4, -0.2) is 10.1 Å². The maximum absolute atomic E-state index is 3.74. The van der Waals surface area contributed by atoms with Crippen LogP contribution in [0.5, 0.6) is 0 Å². The highest BCUT2D eigenvalue weighted by Crippen LogP contribution is 2.31. The van der Waals surface area contributed by atoms with E-state index in [0.717, 1.165) is 0 Å². The van der Waals surface area contributed by atoms with Gasteiger partial charge in [-0.3, -0.25) is 0 Å². The maximum atomic E-state index is 3.74. The predicted molar refractivity (Wildman–Crippen MR) is 69.4 cm³/mol. The summed E-state index contributed by atoms with van der Waals surface area (Å²) < 4.78 is 0.